The van der Waals surface area contributed by atoms with Gasteiger partial charge in [0.25, 0.3) is 0 Å². The molecule has 1 aromatic carbocycles. The van der Waals surface area contributed by atoms with Crippen LogP contribution in [0.2, 0.25) is 0 Å². The highest BCUT2D eigenvalue weighted by molar-refractivity contribution is 9.10. The number of aliphatic imine (C=N–C) groups is 1. The standard InChI is InChI=1S/C17H17BrFN3S/c18-13-4-5-15(16(23)8-13)20-9-12-3-6-17(21-10-12)22-7-1-2-14(19)11-22/h3-6,8-10,14,23H,1-2,7,11H2/b20-9+/t14-/m0/s1. The maximum atomic E-state index is 13.5. The molecule has 1 saturated heterocycles. The summed E-state index contributed by atoms with van der Waals surface area (Å²) < 4.78 is 14.4. The summed E-state index contributed by atoms with van der Waals surface area (Å²) in [5, 5.41) is 0. The summed E-state index contributed by atoms with van der Waals surface area (Å²) in [5.41, 5.74) is 1.70. The van der Waals surface area contributed by atoms with Crippen LogP contribution >= 0.6 is 28.6 Å². The highest BCUT2D eigenvalue weighted by Gasteiger charge is 2.19. The van der Waals surface area contributed by atoms with Crippen LogP contribution in [0.1, 0.15) is 18.4 Å². The highest BCUT2D eigenvalue weighted by atomic mass is 79.9. The molecule has 0 unspecified atom stereocenters. The van der Waals surface area contributed by atoms with Crippen molar-refractivity contribution in [2.45, 2.75) is 23.9 Å². The van der Waals surface area contributed by atoms with E-state index in [0.717, 1.165) is 39.4 Å². The molecule has 2 heterocycles. The Balaban J connectivity index is 1.70. The minimum Gasteiger partial charge on any atom is -0.354 e. The highest BCUT2D eigenvalue weighted by Crippen LogP contribution is 2.26. The van der Waals surface area contributed by atoms with Crippen LogP contribution in [0.3, 0.4) is 0 Å². The molecule has 0 N–H and O–H groups in total. The second-order valence-electron chi connectivity index (χ2n) is 5.53. The third-order valence-corrected chi connectivity index (χ3v) is 4.60. The number of halogens is 2. The average Bonchev–Trinajstić information content (AvgIpc) is 2.54. The molecule has 0 saturated carbocycles. The first-order valence-corrected chi connectivity index (χ1v) is 8.73. The Kier molecular flexibility index (Phi) is 5.33. The summed E-state index contributed by atoms with van der Waals surface area (Å²) in [6, 6.07) is 9.60. The molecule has 0 aliphatic carbocycles. The van der Waals surface area contributed by atoms with Crippen molar-refractivity contribution in [3.63, 3.8) is 0 Å². The lowest BCUT2D eigenvalue weighted by Crippen LogP contribution is -2.36. The number of hydrogen-bond acceptors (Lipinski definition) is 4. The molecule has 1 aromatic heterocycles. The number of nitrogens with zero attached hydrogens (tertiary/aromatic N) is 3. The van der Waals surface area contributed by atoms with Crippen molar-refractivity contribution in [1.29, 1.82) is 0 Å². The zero-order valence-corrected chi connectivity index (χ0v) is 15.0. The fourth-order valence-electron chi connectivity index (χ4n) is 2.54. The van der Waals surface area contributed by atoms with Crippen LogP contribution in [0, 0.1) is 0 Å². The summed E-state index contributed by atoms with van der Waals surface area (Å²) in [7, 11) is 0. The molecule has 2 aromatic rings. The summed E-state index contributed by atoms with van der Waals surface area (Å²) in [6.45, 7) is 1.30. The first-order valence-electron chi connectivity index (χ1n) is 7.49. The van der Waals surface area contributed by atoms with Gasteiger partial charge in [-0.2, -0.15) is 0 Å². The van der Waals surface area contributed by atoms with Crippen molar-refractivity contribution in [1.82, 2.24) is 4.98 Å². The number of rotatable bonds is 3. The van der Waals surface area contributed by atoms with Crippen molar-refractivity contribution >= 4 is 46.3 Å². The smallest absolute Gasteiger partial charge is 0.128 e. The molecule has 0 spiro atoms. The average molecular weight is 394 g/mol. The van der Waals surface area contributed by atoms with Crippen LogP contribution in [-0.4, -0.2) is 30.5 Å². The third-order valence-electron chi connectivity index (χ3n) is 3.75. The summed E-state index contributed by atoms with van der Waals surface area (Å²) in [4.78, 5) is 11.7. The Morgan fingerprint density at radius 3 is 2.91 bits per heavy atom. The molecule has 120 valence electrons. The number of thiol groups is 1. The van der Waals surface area contributed by atoms with Crippen molar-refractivity contribution in [3.05, 3.63) is 46.6 Å². The molecular formula is C17H17BrFN3S. The summed E-state index contributed by atoms with van der Waals surface area (Å²) in [5.74, 6) is 0.822. The van der Waals surface area contributed by atoms with E-state index in [4.69, 9.17) is 0 Å². The zero-order chi connectivity index (χ0) is 16.2. The van der Waals surface area contributed by atoms with Crippen LogP contribution in [0.25, 0.3) is 0 Å². The number of benzene rings is 1. The number of alkyl halides is 1. The molecule has 0 amide bonds. The van der Waals surface area contributed by atoms with Crippen LogP contribution in [0.5, 0.6) is 0 Å². The Morgan fingerprint density at radius 1 is 1.35 bits per heavy atom. The van der Waals surface area contributed by atoms with Gasteiger partial charge in [0.1, 0.15) is 12.0 Å². The van der Waals surface area contributed by atoms with E-state index in [9.17, 15) is 4.39 Å². The van der Waals surface area contributed by atoms with E-state index in [0.29, 0.717) is 13.0 Å². The van der Waals surface area contributed by atoms with E-state index < -0.39 is 6.17 Å². The Bertz CT molecular complexity index is 705. The van der Waals surface area contributed by atoms with Gasteiger partial charge in [0.2, 0.25) is 0 Å². The van der Waals surface area contributed by atoms with E-state index in [2.05, 4.69) is 38.5 Å². The van der Waals surface area contributed by atoms with Gasteiger partial charge in [-0.1, -0.05) is 15.9 Å². The minimum absolute atomic E-state index is 0.433. The topological polar surface area (TPSA) is 28.5 Å². The number of aromatic nitrogens is 1. The van der Waals surface area contributed by atoms with Gasteiger partial charge in [0, 0.05) is 33.9 Å². The molecule has 1 aliphatic rings. The van der Waals surface area contributed by atoms with Gasteiger partial charge in [-0.25, -0.2) is 9.37 Å². The number of hydrogen-bond donors (Lipinski definition) is 1. The lowest BCUT2D eigenvalue weighted by molar-refractivity contribution is 0.286. The van der Waals surface area contributed by atoms with Crippen molar-refractivity contribution in [2.75, 3.05) is 18.0 Å². The maximum Gasteiger partial charge on any atom is 0.128 e. The van der Waals surface area contributed by atoms with Crippen LogP contribution < -0.4 is 4.90 Å². The van der Waals surface area contributed by atoms with Crippen molar-refractivity contribution < 1.29 is 4.39 Å². The van der Waals surface area contributed by atoms with E-state index in [1.54, 1.807) is 12.4 Å². The molecule has 0 radical (unpaired) electrons. The van der Waals surface area contributed by atoms with Gasteiger partial charge in [-0.3, -0.25) is 4.99 Å². The van der Waals surface area contributed by atoms with Crippen LogP contribution in [0.4, 0.5) is 15.9 Å². The van der Waals surface area contributed by atoms with E-state index in [-0.39, 0.29) is 0 Å². The van der Waals surface area contributed by atoms with E-state index in [1.165, 1.54) is 0 Å². The van der Waals surface area contributed by atoms with Gasteiger partial charge in [0.05, 0.1) is 12.2 Å². The first kappa shape index (κ1) is 16.5. The fraction of sp³-hybridized carbons (Fsp3) is 0.294. The van der Waals surface area contributed by atoms with Gasteiger partial charge in [0.15, 0.2) is 0 Å². The fourth-order valence-corrected chi connectivity index (χ4v) is 3.35. The SMILES string of the molecule is F[C@H]1CCCN(c2ccc(/C=N/c3ccc(Br)cc3S)cn2)C1. The van der Waals surface area contributed by atoms with Gasteiger partial charge in [-0.15, -0.1) is 12.6 Å². The third kappa shape index (κ3) is 4.32. The second-order valence-corrected chi connectivity index (χ2v) is 6.92. The molecule has 3 rings (SSSR count). The number of piperidine rings is 1. The second kappa shape index (κ2) is 7.45. The first-order chi connectivity index (χ1) is 11.1. The molecule has 23 heavy (non-hydrogen) atoms. The molecule has 1 aliphatic heterocycles. The molecule has 1 atom stereocenters. The predicted molar refractivity (Wildman–Crippen MR) is 99.2 cm³/mol. The minimum atomic E-state index is -0.752. The van der Waals surface area contributed by atoms with E-state index in [1.807, 2.05) is 35.2 Å². The lowest BCUT2D eigenvalue weighted by atomic mass is 10.1. The Labute approximate surface area is 149 Å². The van der Waals surface area contributed by atoms with E-state index >= 15 is 0 Å². The number of anilines is 1. The van der Waals surface area contributed by atoms with Crippen molar-refractivity contribution in [2.24, 2.45) is 4.99 Å². The monoisotopic (exact) mass is 393 g/mol. The number of pyridine rings is 1. The lowest BCUT2D eigenvalue weighted by Gasteiger charge is -2.29. The van der Waals surface area contributed by atoms with Gasteiger partial charge in [-0.05, 0) is 43.2 Å². The Morgan fingerprint density at radius 2 is 2.22 bits per heavy atom. The summed E-state index contributed by atoms with van der Waals surface area (Å²) in [6.07, 6.45) is 4.30. The van der Waals surface area contributed by atoms with Gasteiger partial charge >= 0.3 is 0 Å². The quantitative estimate of drug-likeness (QED) is 0.597. The predicted octanol–water partition coefficient (Wildman–Crippen LogP) is 4.82. The van der Waals surface area contributed by atoms with Crippen LogP contribution in [-0.2, 0) is 0 Å². The van der Waals surface area contributed by atoms with Gasteiger partial charge < -0.3 is 4.90 Å². The molecule has 6 heteroatoms. The molecule has 0 bridgehead atoms. The normalized spacial score (nSPS) is 18.6. The molecule has 3 nitrogen and oxygen atoms in total. The Hall–Kier alpha value is -1.40. The van der Waals surface area contributed by atoms with Crippen LogP contribution in [0.15, 0.2) is 50.9 Å². The maximum absolute atomic E-state index is 13.5. The largest absolute Gasteiger partial charge is 0.354 e. The molecular weight excluding hydrogens is 377 g/mol. The summed E-state index contributed by atoms with van der Waals surface area (Å²) >= 11 is 7.81. The molecule has 1 fully saturated rings. The zero-order valence-electron chi connectivity index (χ0n) is 12.5. The van der Waals surface area contributed by atoms with Crippen molar-refractivity contribution in [3.8, 4) is 0 Å².